The van der Waals surface area contributed by atoms with Gasteiger partial charge in [-0.3, -0.25) is 10.1 Å². The quantitative estimate of drug-likeness (QED) is 0.582. The highest BCUT2D eigenvalue weighted by Crippen LogP contribution is 2.31. The fourth-order valence-electron chi connectivity index (χ4n) is 1.89. The van der Waals surface area contributed by atoms with E-state index in [-0.39, 0.29) is 23.5 Å². The largest absolute Gasteiger partial charge is 0.470 e. The van der Waals surface area contributed by atoms with E-state index < -0.39 is 4.92 Å². The number of nitrogens with one attached hydrogen (secondary N) is 1. The van der Waals surface area contributed by atoms with Crippen LogP contribution >= 0.6 is 0 Å². The van der Waals surface area contributed by atoms with Crippen molar-refractivity contribution in [2.45, 2.75) is 46.6 Å². The molecule has 0 saturated heterocycles. The minimum atomic E-state index is -0.505. The first-order chi connectivity index (χ1) is 9.45. The highest BCUT2D eigenvalue weighted by Gasteiger charge is 2.25. The van der Waals surface area contributed by atoms with Gasteiger partial charge >= 0.3 is 5.69 Å². The van der Waals surface area contributed by atoms with E-state index in [1.54, 1.807) is 0 Å². The van der Waals surface area contributed by atoms with Crippen molar-refractivity contribution < 1.29 is 9.66 Å². The lowest BCUT2D eigenvalue weighted by atomic mass is 10.1. The molecule has 1 atom stereocenters. The van der Waals surface area contributed by atoms with Crippen molar-refractivity contribution in [3.05, 3.63) is 16.4 Å². The molecule has 0 fully saturated rings. The van der Waals surface area contributed by atoms with Crippen molar-refractivity contribution in [2.24, 2.45) is 5.92 Å². The maximum atomic E-state index is 11.2. The molecular formula is C13H22N4O3. The summed E-state index contributed by atoms with van der Waals surface area (Å²) in [5.41, 5.74) is -0.198. The number of ether oxygens (including phenoxy) is 1. The van der Waals surface area contributed by atoms with Crippen LogP contribution in [0.25, 0.3) is 0 Å². The lowest BCUT2D eigenvalue weighted by Crippen LogP contribution is -2.17. The molecule has 0 aliphatic carbocycles. The zero-order chi connectivity index (χ0) is 15.1. The van der Waals surface area contributed by atoms with Gasteiger partial charge in [-0.15, -0.1) is 0 Å². The average molecular weight is 282 g/mol. The predicted octanol–water partition coefficient (Wildman–Crippen LogP) is 3.02. The third kappa shape index (κ3) is 4.64. The van der Waals surface area contributed by atoms with Gasteiger partial charge in [-0.05, 0) is 25.7 Å². The molecule has 1 rings (SSSR count). The standard InChI is InChI=1S/C13H22N4O3/c1-5-6-14-12-11(17(18)19)13(16-8-15-12)20-10(4)7-9(2)3/h8-10H,5-7H2,1-4H3,(H,14,15,16). The summed E-state index contributed by atoms with van der Waals surface area (Å²) in [4.78, 5) is 18.5. The van der Waals surface area contributed by atoms with Crippen LogP contribution in [0.5, 0.6) is 5.88 Å². The minimum absolute atomic E-state index is 0.0248. The first-order valence-corrected chi connectivity index (χ1v) is 6.85. The van der Waals surface area contributed by atoms with Crippen LogP contribution in [0.4, 0.5) is 11.5 Å². The van der Waals surface area contributed by atoms with Gasteiger partial charge in [0.05, 0.1) is 11.0 Å². The van der Waals surface area contributed by atoms with Crippen LogP contribution in [0.1, 0.15) is 40.5 Å². The molecule has 1 unspecified atom stereocenters. The van der Waals surface area contributed by atoms with Crippen molar-refractivity contribution in [1.82, 2.24) is 9.97 Å². The molecule has 0 bridgehead atoms. The van der Waals surface area contributed by atoms with Crippen molar-refractivity contribution in [3.8, 4) is 5.88 Å². The van der Waals surface area contributed by atoms with Crippen LogP contribution in [0.3, 0.4) is 0 Å². The molecule has 1 heterocycles. The summed E-state index contributed by atoms with van der Waals surface area (Å²) in [5, 5.41) is 14.1. The van der Waals surface area contributed by atoms with E-state index in [1.165, 1.54) is 6.33 Å². The lowest BCUT2D eigenvalue weighted by molar-refractivity contribution is -0.385. The molecule has 20 heavy (non-hydrogen) atoms. The Kier molecular flexibility index (Phi) is 6.14. The summed E-state index contributed by atoms with van der Waals surface area (Å²) < 4.78 is 5.61. The molecule has 0 saturated carbocycles. The van der Waals surface area contributed by atoms with Gasteiger partial charge in [0, 0.05) is 6.54 Å². The molecular weight excluding hydrogens is 260 g/mol. The van der Waals surface area contributed by atoms with Crippen molar-refractivity contribution >= 4 is 11.5 Å². The van der Waals surface area contributed by atoms with E-state index in [4.69, 9.17) is 4.74 Å². The fraction of sp³-hybridized carbons (Fsp3) is 0.692. The molecule has 0 aromatic carbocycles. The molecule has 7 heteroatoms. The van der Waals surface area contributed by atoms with Crippen LogP contribution in [-0.4, -0.2) is 27.5 Å². The smallest absolute Gasteiger partial charge is 0.372 e. The molecule has 112 valence electrons. The molecule has 7 nitrogen and oxygen atoms in total. The van der Waals surface area contributed by atoms with Gasteiger partial charge in [-0.1, -0.05) is 20.8 Å². The lowest BCUT2D eigenvalue weighted by Gasteiger charge is -2.16. The van der Waals surface area contributed by atoms with E-state index in [0.29, 0.717) is 12.5 Å². The van der Waals surface area contributed by atoms with Gasteiger partial charge in [0.1, 0.15) is 6.33 Å². The molecule has 0 radical (unpaired) electrons. The van der Waals surface area contributed by atoms with Crippen LogP contribution < -0.4 is 10.1 Å². The third-order valence-electron chi connectivity index (χ3n) is 2.63. The minimum Gasteiger partial charge on any atom is -0.470 e. The molecule has 1 N–H and O–H groups in total. The second-order valence-corrected chi connectivity index (χ2v) is 5.12. The second kappa shape index (κ2) is 7.62. The predicted molar refractivity (Wildman–Crippen MR) is 77.0 cm³/mol. The van der Waals surface area contributed by atoms with Gasteiger partial charge in [0.25, 0.3) is 5.88 Å². The van der Waals surface area contributed by atoms with Crippen LogP contribution in [0, 0.1) is 16.0 Å². The Labute approximate surface area is 118 Å². The Bertz CT molecular complexity index is 451. The molecule has 1 aromatic rings. The maximum absolute atomic E-state index is 11.2. The van der Waals surface area contributed by atoms with E-state index >= 15 is 0 Å². The summed E-state index contributed by atoms with van der Waals surface area (Å²) in [7, 11) is 0. The van der Waals surface area contributed by atoms with E-state index in [1.807, 2.05) is 13.8 Å². The molecule has 0 amide bonds. The highest BCUT2D eigenvalue weighted by atomic mass is 16.6. The van der Waals surface area contributed by atoms with E-state index in [9.17, 15) is 10.1 Å². The Balaban J connectivity index is 2.97. The average Bonchev–Trinajstić information content (AvgIpc) is 2.34. The zero-order valence-electron chi connectivity index (χ0n) is 12.4. The van der Waals surface area contributed by atoms with Crippen molar-refractivity contribution in [1.29, 1.82) is 0 Å². The van der Waals surface area contributed by atoms with Gasteiger partial charge in [-0.2, -0.15) is 4.98 Å². The number of rotatable bonds is 8. The van der Waals surface area contributed by atoms with E-state index in [0.717, 1.165) is 12.8 Å². The van der Waals surface area contributed by atoms with Gasteiger partial charge in [-0.25, -0.2) is 4.98 Å². The first kappa shape index (κ1) is 16.1. The summed E-state index contributed by atoms with van der Waals surface area (Å²) in [6, 6.07) is 0. The zero-order valence-corrected chi connectivity index (χ0v) is 12.4. The number of hydrogen-bond donors (Lipinski definition) is 1. The molecule has 0 aliphatic heterocycles. The monoisotopic (exact) mass is 282 g/mol. The summed E-state index contributed by atoms with van der Waals surface area (Å²) in [6.45, 7) is 8.61. The number of anilines is 1. The van der Waals surface area contributed by atoms with Crippen molar-refractivity contribution in [3.63, 3.8) is 0 Å². The van der Waals surface area contributed by atoms with Gasteiger partial charge in [0.15, 0.2) is 0 Å². The topological polar surface area (TPSA) is 90.2 Å². The normalized spacial score (nSPS) is 12.2. The van der Waals surface area contributed by atoms with Crippen LogP contribution in [-0.2, 0) is 0 Å². The van der Waals surface area contributed by atoms with E-state index in [2.05, 4.69) is 29.1 Å². The van der Waals surface area contributed by atoms with Gasteiger partial charge < -0.3 is 10.1 Å². The molecule has 0 spiro atoms. The number of hydrogen-bond acceptors (Lipinski definition) is 6. The van der Waals surface area contributed by atoms with Gasteiger partial charge in [0.2, 0.25) is 5.82 Å². The number of nitrogens with zero attached hydrogens (tertiary/aromatic N) is 3. The SMILES string of the molecule is CCCNc1ncnc(OC(C)CC(C)C)c1[N+](=O)[O-]. The van der Waals surface area contributed by atoms with Crippen molar-refractivity contribution in [2.75, 3.05) is 11.9 Å². The molecule has 1 aromatic heterocycles. The van der Waals surface area contributed by atoms with Crippen LogP contribution in [0.2, 0.25) is 0 Å². The first-order valence-electron chi connectivity index (χ1n) is 6.85. The number of aromatic nitrogens is 2. The number of nitro groups is 1. The Hall–Kier alpha value is -1.92. The second-order valence-electron chi connectivity index (χ2n) is 5.12. The summed E-state index contributed by atoms with van der Waals surface area (Å²) in [6.07, 6.45) is 2.80. The Morgan fingerprint density at radius 1 is 1.40 bits per heavy atom. The third-order valence-corrected chi connectivity index (χ3v) is 2.63. The Morgan fingerprint density at radius 2 is 2.10 bits per heavy atom. The Morgan fingerprint density at radius 3 is 2.65 bits per heavy atom. The maximum Gasteiger partial charge on any atom is 0.372 e. The highest BCUT2D eigenvalue weighted by molar-refractivity contribution is 5.61. The fourth-order valence-corrected chi connectivity index (χ4v) is 1.89. The summed E-state index contributed by atoms with van der Waals surface area (Å²) >= 11 is 0. The van der Waals surface area contributed by atoms with Crippen LogP contribution in [0.15, 0.2) is 6.33 Å². The summed E-state index contributed by atoms with van der Waals surface area (Å²) in [5.74, 6) is 0.680. The molecule has 0 aliphatic rings.